The highest BCUT2D eigenvalue weighted by atomic mass is 32.2. The van der Waals surface area contributed by atoms with Crippen molar-refractivity contribution in [1.82, 2.24) is 14.9 Å². The van der Waals surface area contributed by atoms with E-state index < -0.39 is 33.5 Å². The maximum absolute atomic E-state index is 13.8. The second-order valence-corrected chi connectivity index (χ2v) is 13.2. The minimum atomic E-state index is -3.99. The number of nitrogens with one attached hydrogen (secondary N) is 2. The third-order valence-corrected chi connectivity index (χ3v) is 10.1. The Morgan fingerprint density at radius 1 is 0.956 bits per heavy atom. The zero-order valence-electron chi connectivity index (χ0n) is 25.4. The molecule has 240 valence electrons. The normalized spacial score (nSPS) is 18.7. The van der Waals surface area contributed by atoms with Crippen LogP contribution in [0.1, 0.15) is 36.8 Å². The SMILES string of the molecule is COCCCCC1(CNC(=O)[C@H]2C[C@@H](NS(=O)(=O)c3ccc(OC)cc3)CN(C(=O)O)C2)c2ccccc2Oc2ccccc21. The Hall–Kier alpha value is -4.13. The first-order valence-corrected chi connectivity index (χ1v) is 16.4. The van der Waals surface area contributed by atoms with Gasteiger partial charge in [-0.25, -0.2) is 17.9 Å². The van der Waals surface area contributed by atoms with E-state index in [1.807, 2.05) is 48.5 Å². The van der Waals surface area contributed by atoms with Crippen LogP contribution in [0.15, 0.2) is 77.7 Å². The molecule has 0 spiro atoms. The standard InChI is InChI=1S/C33H39N3O8S/c1-42-18-8-7-17-33(27-9-3-5-11-29(27)44-30-12-6-4-10-28(30)33)22-34-31(37)23-19-24(21-36(20-23)32(38)39)35-45(40,41)26-15-13-25(43-2)14-16-26/h3-6,9-16,23-24,35H,7-8,17-22H2,1-2H3,(H,34,37)(H,38,39)/t23-,24+/m0/s1. The summed E-state index contributed by atoms with van der Waals surface area (Å²) in [4.78, 5) is 27.0. The number of carbonyl (C=O) groups is 2. The number of hydrogen-bond donors (Lipinski definition) is 3. The second kappa shape index (κ2) is 13.9. The summed E-state index contributed by atoms with van der Waals surface area (Å²) in [5, 5.41) is 13.0. The Bertz CT molecular complexity index is 1570. The minimum absolute atomic E-state index is 0.0176. The molecule has 3 N–H and O–H groups in total. The van der Waals surface area contributed by atoms with Crippen molar-refractivity contribution in [2.24, 2.45) is 5.92 Å². The van der Waals surface area contributed by atoms with Crippen molar-refractivity contribution in [2.45, 2.75) is 42.0 Å². The quantitative estimate of drug-likeness (QED) is 0.249. The van der Waals surface area contributed by atoms with Gasteiger partial charge in [-0.2, -0.15) is 0 Å². The van der Waals surface area contributed by atoms with Gasteiger partial charge in [-0.15, -0.1) is 0 Å². The lowest BCUT2D eigenvalue weighted by molar-refractivity contribution is -0.126. The Kier molecular flexibility index (Phi) is 9.96. The molecule has 3 aromatic rings. The molecule has 2 aliphatic heterocycles. The predicted octanol–water partition coefficient (Wildman–Crippen LogP) is 4.37. The average molecular weight is 638 g/mol. The molecule has 12 heteroatoms. The highest BCUT2D eigenvalue weighted by molar-refractivity contribution is 7.89. The number of rotatable bonds is 12. The number of sulfonamides is 1. The molecule has 0 aromatic heterocycles. The predicted molar refractivity (Wildman–Crippen MR) is 167 cm³/mol. The fourth-order valence-electron chi connectivity index (χ4n) is 6.34. The van der Waals surface area contributed by atoms with Crippen molar-refractivity contribution in [2.75, 3.05) is 40.5 Å². The Labute approximate surface area is 263 Å². The summed E-state index contributed by atoms with van der Waals surface area (Å²) in [5.41, 5.74) is 1.32. The van der Waals surface area contributed by atoms with E-state index in [-0.39, 0.29) is 36.9 Å². The summed E-state index contributed by atoms with van der Waals surface area (Å²) in [7, 11) is -0.830. The molecule has 45 heavy (non-hydrogen) atoms. The number of fused-ring (bicyclic) bond motifs is 2. The fourth-order valence-corrected chi connectivity index (χ4v) is 7.58. The average Bonchev–Trinajstić information content (AvgIpc) is 3.05. The smallest absolute Gasteiger partial charge is 0.407 e. The monoisotopic (exact) mass is 637 g/mol. The van der Waals surface area contributed by atoms with Gasteiger partial charge in [-0.05, 0) is 62.1 Å². The van der Waals surface area contributed by atoms with Crippen LogP contribution < -0.4 is 19.5 Å². The molecule has 3 aromatic carbocycles. The number of amides is 2. The van der Waals surface area contributed by atoms with Crippen LogP contribution in [0.25, 0.3) is 0 Å². The molecule has 0 radical (unpaired) electrons. The molecule has 2 atom stereocenters. The van der Waals surface area contributed by atoms with E-state index in [0.717, 1.165) is 40.4 Å². The summed E-state index contributed by atoms with van der Waals surface area (Å²) in [5.74, 6) is 0.841. The van der Waals surface area contributed by atoms with E-state index in [0.29, 0.717) is 18.8 Å². The molecular weight excluding hydrogens is 598 g/mol. The van der Waals surface area contributed by atoms with Gasteiger partial charge in [0.2, 0.25) is 15.9 Å². The molecule has 2 heterocycles. The molecule has 0 saturated carbocycles. The molecule has 0 bridgehead atoms. The molecule has 11 nitrogen and oxygen atoms in total. The van der Waals surface area contributed by atoms with Crippen molar-refractivity contribution >= 4 is 22.0 Å². The third-order valence-electron chi connectivity index (χ3n) is 8.58. The van der Waals surface area contributed by atoms with E-state index in [1.54, 1.807) is 7.11 Å². The van der Waals surface area contributed by atoms with Gasteiger partial charge in [0.05, 0.1) is 17.9 Å². The van der Waals surface area contributed by atoms with Crippen molar-refractivity contribution in [3.8, 4) is 17.2 Å². The van der Waals surface area contributed by atoms with Crippen LogP contribution in [0.2, 0.25) is 0 Å². The van der Waals surface area contributed by atoms with Crippen molar-refractivity contribution < 1.29 is 37.3 Å². The lowest BCUT2D eigenvalue weighted by Crippen LogP contribution is -2.55. The van der Waals surface area contributed by atoms with E-state index in [4.69, 9.17) is 14.2 Å². The van der Waals surface area contributed by atoms with Gasteiger partial charge in [-0.1, -0.05) is 36.4 Å². The molecule has 1 saturated heterocycles. The molecule has 1 fully saturated rings. The first-order valence-electron chi connectivity index (χ1n) is 14.9. The van der Waals surface area contributed by atoms with E-state index >= 15 is 0 Å². The van der Waals surface area contributed by atoms with Crippen LogP contribution >= 0.6 is 0 Å². The molecule has 0 unspecified atom stereocenters. The number of piperidine rings is 1. The number of methoxy groups -OCH3 is 2. The summed E-state index contributed by atoms with van der Waals surface area (Å²) < 4.78 is 45.6. The second-order valence-electron chi connectivity index (χ2n) is 11.5. The number of likely N-dealkylation sites (tertiary alicyclic amines) is 1. The third kappa shape index (κ3) is 7.08. The largest absolute Gasteiger partial charge is 0.497 e. The molecule has 2 amide bonds. The maximum Gasteiger partial charge on any atom is 0.407 e. The van der Waals surface area contributed by atoms with Crippen LogP contribution in [-0.2, 0) is 25.0 Å². The van der Waals surface area contributed by atoms with Crippen LogP contribution in [0.3, 0.4) is 0 Å². The maximum atomic E-state index is 13.8. The first kappa shape index (κ1) is 32.3. The first-order chi connectivity index (χ1) is 21.7. The highest BCUT2D eigenvalue weighted by Gasteiger charge is 2.43. The van der Waals surface area contributed by atoms with Gasteiger partial charge < -0.3 is 29.5 Å². The summed E-state index contributed by atoms with van der Waals surface area (Å²) >= 11 is 0. The fraction of sp³-hybridized carbons (Fsp3) is 0.394. The van der Waals surface area contributed by atoms with Crippen molar-refractivity contribution in [3.05, 3.63) is 83.9 Å². The van der Waals surface area contributed by atoms with Crippen LogP contribution in [-0.4, -0.2) is 76.9 Å². The summed E-state index contributed by atoms with van der Waals surface area (Å²) in [6.07, 6.45) is 1.30. The van der Waals surface area contributed by atoms with Gasteiger partial charge in [0.1, 0.15) is 17.2 Å². The number of carbonyl (C=O) groups excluding carboxylic acids is 1. The van der Waals surface area contributed by atoms with Gasteiger partial charge >= 0.3 is 6.09 Å². The van der Waals surface area contributed by atoms with Gasteiger partial charge in [0.15, 0.2) is 0 Å². The number of nitrogens with zero attached hydrogens (tertiary/aromatic N) is 1. The van der Waals surface area contributed by atoms with Gasteiger partial charge in [0, 0.05) is 55.9 Å². The van der Waals surface area contributed by atoms with Crippen molar-refractivity contribution in [1.29, 1.82) is 0 Å². The highest BCUT2D eigenvalue weighted by Crippen LogP contribution is 2.50. The minimum Gasteiger partial charge on any atom is -0.497 e. The Morgan fingerprint density at radius 2 is 1.60 bits per heavy atom. The van der Waals surface area contributed by atoms with E-state index in [1.165, 1.54) is 31.4 Å². The summed E-state index contributed by atoms with van der Waals surface area (Å²) in [6.45, 7) is 0.750. The van der Waals surface area contributed by atoms with Crippen LogP contribution in [0.5, 0.6) is 17.2 Å². The van der Waals surface area contributed by atoms with E-state index in [2.05, 4.69) is 10.0 Å². The number of benzene rings is 3. The summed E-state index contributed by atoms with van der Waals surface area (Å²) in [6, 6.07) is 20.7. The zero-order chi connectivity index (χ0) is 32.0. The molecule has 0 aliphatic carbocycles. The molecular formula is C33H39N3O8S. The topological polar surface area (TPSA) is 143 Å². The number of ether oxygens (including phenoxy) is 3. The van der Waals surface area contributed by atoms with Crippen molar-refractivity contribution in [3.63, 3.8) is 0 Å². The number of unbranched alkanes of at least 4 members (excludes halogenated alkanes) is 1. The number of para-hydroxylation sites is 2. The number of hydrogen-bond acceptors (Lipinski definition) is 7. The van der Waals surface area contributed by atoms with Gasteiger partial charge in [-0.3, -0.25) is 4.79 Å². The van der Waals surface area contributed by atoms with Gasteiger partial charge in [0.25, 0.3) is 0 Å². The van der Waals surface area contributed by atoms with E-state index in [9.17, 15) is 23.1 Å². The molecule has 2 aliphatic rings. The lowest BCUT2D eigenvalue weighted by Gasteiger charge is -2.41. The zero-order valence-corrected chi connectivity index (χ0v) is 26.2. The van der Waals surface area contributed by atoms with Crippen LogP contribution in [0.4, 0.5) is 4.79 Å². The Balaban J connectivity index is 1.38. The lowest BCUT2D eigenvalue weighted by atomic mass is 9.69. The molecule has 5 rings (SSSR count). The Morgan fingerprint density at radius 3 is 2.20 bits per heavy atom. The number of carboxylic acid groups (broad SMARTS) is 1. The van der Waals surface area contributed by atoms with Crippen LogP contribution in [0, 0.1) is 5.92 Å².